The van der Waals surface area contributed by atoms with E-state index >= 15 is 0 Å². The Morgan fingerprint density at radius 2 is 2.09 bits per heavy atom. The quantitative estimate of drug-likeness (QED) is 0.470. The van der Waals surface area contributed by atoms with Crippen LogP contribution in [0, 0.1) is 11.6 Å². The van der Waals surface area contributed by atoms with Gasteiger partial charge < -0.3 is 4.74 Å². The fourth-order valence-electron chi connectivity index (χ4n) is 2.16. The van der Waals surface area contributed by atoms with Crippen LogP contribution in [0.5, 0.6) is 0 Å². The number of esters is 1. The molecule has 118 valence electrons. The maximum absolute atomic E-state index is 14.1. The molecule has 0 fully saturated rings. The summed E-state index contributed by atoms with van der Waals surface area (Å²) in [5, 5.41) is 0.0987. The highest BCUT2D eigenvalue weighted by Gasteiger charge is 2.21. The van der Waals surface area contributed by atoms with Gasteiger partial charge in [-0.25, -0.2) is 18.6 Å². The summed E-state index contributed by atoms with van der Waals surface area (Å²) in [5.74, 6) is -2.60. The Morgan fingerprint density at radius 3 is 2.78 bits per heavy atom. The fourth-order valence-corrected chi connectivity index (χ4v) is 2.94. The van der Waals surface area contributed by atoms with Crippen molar-refractivity contribution in [3.8, 4) is 11.3 Å². The normalized spacial score (nSPS) is 11.0. The summed E-state index contributed by atoms with van der Waals surface area (Å²) in [6.07, 6.45) is 1.51. The third-order valence-corrected chi connectivity index (χ3v) is 4.29. The number of pyridine rings is 1. The van der Waals surface area contributed by atoms with Crippen LogP contribution in [-0.4, -0.2) is 22.5 Å². The van der Waals surface area contributed by atoms with Crippen LogP contribution in [-0.2, 0) is 4.74 Å². The molecule has 4 nitrogen and oxygen atoms in total. The van der Waals surface area contributed by atoms with Gasteiger partial charge in [0.25, 0.3) is 0 Å². The number of carbonyl (C=O) groups excluding carboxylic acids is 1. The van der Waals surface area contributed by atoms with Crippen molar-refractivity contribution in [3.63, 3.8) is 0 Å². The molecule has 0 saturated heterocycles. The first-order valence-corrected chi connectivity index (χ1v) is 7.51. The standard InChI is InChI=1S/C15H8BrClF2N2O2/c1-23-15(22)7-4-5-21-10(6-7)20-13(14(21)17)11-8(16)2-3-9(18)12(11)19/h2-6H,1H3. The maximum atomic E-state index is 14.1. The van der Waals surface area contributed by atoms with Crippen molar-refractivity contribution in [2.75, 3.05) is 7.11 Å². The minimum absolute atomic E-state index is 0.0672. The number of ether oxygens (including phenoxy) is 1. The summed E-state index contributed by atoms with van der Waals surface area (Å²) in [6.45, 7) is 0. The second-order valence-corrected chi connectivity index (χ2v) is 5.82. The van der Waals surface area contributed by atoms with E-state index in [1.165, 1.54) is 35.9 Å². The molecule has 0 bridgehead atoms. The van der Waals surface area contributed by atoms with E-state index in [2.05, 4.69) is 25.7 Å². The van der Waals surface area contributed by atoms with Gasteiger partial charge in [0.1, 0.15) is 16.5 Å². The van der Waals surface area contributed by atoms with Gasteiger partial charge in [0.2, 0.25) is 0 Å². The van der Waals surface area contributed by atoms with Gasteiger partial charge >= 0.3 is 5.97 Å². The lowest BCUT2D eigenvalue weighted by Gasteiger charge is -2.04. The van der Waals surface area contributed by atoms with E-state index in [0.717, 1.165) is 6.07 Å². The summed E-state index contributed by atoms with van der Waals surface area (Å²) in [4.78, 5) is 15.8. The van der Waals surface area contributed by atoms with E-state index in [0.29, 0.717) is 10.1 Å². The van der Waals surface area contributed by atoms with E-state index in [1.54, 1.807) is 0 Å². The van der Waals surface area contributed by atoms with Crippen molar-refractivity contribution in [2.45, 2.75) is 0 Å². The molecule has 0 unspecified atom stereocenters. The monoisotopic (exact) mass is 400 g/mol. The molecule has 2 heterocycles. The average molecular weight is 402 g/mol. The number of rotatable bonds is 2. The zero-order chi connectivity index (χ0) is 16.7. The molecule has 2 aromatic heterocycles. The van der Waals surface area contributed by atoms with Gasteiger partial charge in [-0.3, -0.25) is 4.40 Å². The predicted molar refractivity (Wildman–Crippen MR) is 84.6 cm³/mol. The Hall–Kier alpha value is -1.99. The van der Waals surface area contributed by atoms with Crippen molar-refractivity contribution in [1.82, 2.24) is 9.38 Å². The van der Waals surface area contributed by atoms with Crippen LogP contribution < -0.4 is 0 Å². The van der Waals surface area contributed by atoms with E-state index in [-0.39, 0.29) is 22.0 Å². The SMILES string of the molecule is COC(=O)c1ccn2c(Cl)c(-c3c(Br)ccc(F)c3F)nc2c1. The van der Waals surface area contributed by atoms with Crippen LogP contribution in [0.3, 0.4) is 0 Å². The number of imidazole rings is 1. The Morgan fingerprint density at radius 1 is 1.35 bits per heavy atom. The Labute approximate surface area is 142 Å². The molecule has 23 heavy (non-hydrogen) atoms. The molecule has 0 amide bonds. The van der Waals surface area contributed by atoms with Gasteiger partial charge in [0, 0.05) is 10.7 Å². The summed E-state index contributed by atoms with van der Waals surface area (Å²) in [5.41, 5.74) is 0.561. The number of carbonyl (C=O) groups is 1. The van der Waals surface area contributed by atoms with Crippen LogP contribution in [0.15, 0.2) is 34.9 Å². The Kier molecular flexibility index (Phi) is 4.08. The molecule has 0 aliphatic carbocycles. The molecule has 0 saturated carbocycles. The minimum atomic E-state index is -1.06. The maximum Gasteiger partial charge on any atom is 0.338 e. The Bertz CT molecular complexity index is 943. The number of fused-ring (bicyclic) bond motifs is 1. The number of nitrogens with zero attached hydrogens (tertiary/aromatic N) is 2. The number of hydrogen-bond donors (Lipinski definition) is 0. The van der Waals surface area contributed by atoms with Gasteiger partial charge in [-0.05, 0) is 40.2 Å². The van der Waals surface area contributed by atoms with Gasteiger partial charge in [-0.1, -0.05) is 11.6 Å². The van der Waals surface area contributed by atoms with Crippen molar-refractivity contribution >= 4 is 39.1 Å². The lowest BCUT2D eigenvalue weighted by molar-refractivity contribution is 0.0600. The highest BCUT2D eigenvalue weighted by Crippen LogP contribution is 2.36. The zero-order valence-corrected chi connectivity index (χ0v) is 14.0. The van der Waals surface area contributed by atoms with E-state index in [1.807, 2.05) is 0 Å². The van der Waals surface area contributed by atoms with Gasteiger partial charge in [-0.2, -0.15) is 0 Å². The molecule has 0 N–H and O–H groups in total. The van der Waals surface area contributed by atoms with E-state index < -0.39 is 17.6 Å². The predicted octanol–water partition coefficient (Wildman–Crippen LogP) is 4.48. The van der Waals surface area contributed by atoms with E-state index in [4.69, 9.17) is 11.6 Å². The molecular formula is C15H8BrClF2N2O2. The third kappa shape index (κ3) is 2.60. The molecule has 8 heteroatoms. The van der Waals surface area contributed by atoms with Crippen LogP contribution in [0.2, 0.25) is 5.15 Å². The molecule has 0 radical (unpaired) electrons. The minimum Gasteiger partial charge on any atom is -0.465 e. The first-order chi connectivity index (χ1) is 10.9. The zero-order valence-electron chi connectivity index (χ0n) is 11.6. The number of benzene rings is 1. The molecule has 0 aliphatic rings. The highest BCUT2D eigenvalue weighted by atomic mass is 79.9. The van der Waals surface area contributed by atoms with Gasteiger partial charge in [0.05, 0.1) is 18.2 Å². The first kappa shape index (κ1) is 15.9. The second kappa shape index (κ2) is 5.90. The number of halogens is 4. The highest BCUT2D eigenvalue weighted by molar-refractivity contribution is 9.10. The molecule has 0 atom stereocenters. The topological polar surface area (TPSA) is 43.6 Å². The molecular weight excluding hydrogens is 394 g/mol. The Balaban J connectivity index is 2.26. The lowest BCUT2D eigenvalue weighted by atomic mass is 10.1. The van der Waals surface area contributed by atoms with Gasteiger partial charge in [-0.15, -0.1) is 0 Å². The summed E-state index contributed by atoms with van der Waals surface area (Å²) < 4.78 is 34.1. The van der Waals surface area contributed by atoms with Crippen LogP contribution >= 0.6 is 27.5 Å². The van der Waals surface area contributed by atoms with Crippen molar-refractivity contribution in [2.24, 2.45) is 0 Å². The van der Waals surface area contributed by atoms with Gasteiger partial charge in [0.15, 0.2) is 11.6 Å². The molecule has 3 aromatic rings. The smallest absolute Gasteiger partial charge is 0.338 e. The number of hydrogen-bond acceptors (Lipinski definition) is 3. The van der Waals surface area contributed by atoms with Crippen LogP contribution in [0.1, 0.15) is 10.4 Å². The van der Waals surface area contributed by atoms with Crippen LogP contribution in [0.25, 0.3) is 16.9 Å². The first-order valence-electron chi connectivity index (χ1n) is 6.34. The lowest BCUT2D eigenvalue weighted by Crippen LogP contribution is -2.01. The molecule has 0 aliphatic heterocycles. The van der Waals surface area contributed by atoms with E-state index in [9.17, 15) is 13.6 Å². The third-order valence-electron chi connectivity index (χ3n) is 3.27. The number of aromatic nitrogens is 2. The molecule has 3 rings (SSSR count). The summed E-state index contributed by atoms with van der Waals surface area (Å²) in [7, 11) is 1.26. The summed E-state index contributed by atoms with van der Waals surface area (Å²) >= 11 is 9.40. The van der Waals surface area contributed by atoms with Crippen molar-refractivity contribution in [3.05, 3.63) is 57.3 Å². The van der Waals surface area contributed by atoms with Crippen molar-refractivity contribution < 1.29 is 18.3 Å². The molecule has 1 aromatic carbocycles. The average Bonchev–Trinajstić information content (AvgIpc) is 2.87. The summed E-state index contributed by atoms with van der Waals surface area (Å²) in [6, 6.07) is 5.31. The largest absolute Gasteiger partial charge is 0.465 e. The second-order valence-electron chi connectivity index (χ2n) is 4.60. The molecule has 0 spiro atoms. The van der Waals surface area contributed by atoms with Crippen molar-refractivity contribution in [1.29, 1.82) is 0 Å². The fraction of sp³-hybridized carbons (Fsp3) is 0.0667. The number of methoxy groups -OCH3 is 1. The van der Waals surface area contributed by atoms with Crippen LogP contribution in [0.4, 0.5) is 8.78 Å².